The zero-order valence-electron chi connectivity index (χ0n) is 21.8. The van der Waals surface area contributed by atoms with Gasteiger partial charge in [0.15, 0.2) is 0 Å². The first-order valence-corrected chi connectivity index (χ1v) is 13.0. The van der Waals surface area contributed by atoms with Gasteiger partial charge in [-0.2, -0.15) is 0 Å². The average molecular weight is 541 g/mol. The summed E-state index contributed by atoms with van der Waals surface area (Å²) >= 11 is 0. The lowest BCUT2D eigenvalue weighted by atomic mass is 10.1. The van der Waals surface area contributed by atoms with E-state index in [4.69, 9.17) is 9.47 Å². The third-order valence-electron chi connectivity index (χ3n) is 6.75. The van der Waals surface area contributed by atoms with E-state index < -0.39 is 5.97 Å². The van der Waals surface area contributed by atoms with Gasteiger partial charge in [-0.15, -0.1) is 0 Å². The molecule has 1 aliphatic rings. The van der Waals surface area contributed by atoms with Crippen LogP contribution in [0.5, 0.6) is 5.75 Å². The summed E-state index contributed by atoms with van der Waals surface area (Å²) < 4.78 is 24.8. The van der Waals surface area contributed by atoms with Crippen molar-refractivity contribution in [3.8, 4) is 5.75 Å². The van der Waals surface area contributed by atoms with Crippen molar-refractivity contribution in [1.29, 1.82) is 0 Å². The van der Waals surface area contributed by atoms with Crippen molar-refractivity contribution in [3.05, 3.63) is 125 Å². The Morgan fingerprint density at radius 3 is 2.33 bits per heavy atom. The van der Waals surface area contributed by atoms with Gasteiger partial charge in [-0.05, 0) is 54.1 Å². The van der Waals surface area contributed by atoms with Crippen LogP contribution in [0.25, 0.3) is 0 Å². The van der Waals surface area contributed by atoms with Crippen LogP contribution in [0, 0.1) is 5.82 Å². The lowest BCUT2D eigenvalue weighted by Gasteiger charge is -2.31. The van der Waals surface area contributed by atoms with Gasteiger partial charge in [0.2, 0.25) is 0 Å². The lowest BCUT2D eigenvalue weighted by Crippen LogP contribution is -2.37. The molecule has 1 N–H and O–H groups in total. The molecular formula is C32H29FN2O5. The van der Waals surface area contributed by atoms with Crippen LogP contribution in [0.2, 0.25) is 0 Å². The minimum atomic E-state index is -1.07. The number of hydrogen-bond donors (Lipinski definition) is 1. The summed E-state index contributed by atoms with van der Waals surface area (Å²) in [4.78, 5) is 29.7. The number of carboxylic acid groups (broad SMARTS) is 1. The van der Waals surface area contributed by atoms with E-state index in [0.717, 1.165) is 11.1 Å². The van der Waals surface area contributed by atoms with Crippen molar-refractivity contribution in [3.63, 3.8) is 0 Å². The quantitative estimate of drug-likeness (QED) is 0.290. The topological polar surface area (TPSA) is 79.3 Å². The summed E-state index contributed by atoms with van der Waals surface area (Å²) in [7, 11) is 0. The molecule has 0 aliphatic carbocycles. The second-order valence-electron chi connectivity index (χ2n) is 9.39. The highest BCUT2D eigenvalue weighted by Crippen LogP contribution is 2.31. The fourth-order valence-electron chi connectivity index (χ4n) is 4.65. The minimum absolute atomic E-state index is 0.117. The number of ether oxygens (including phenoxy) is 2. The molecule has 0 aromatic heterocycles. The molecule has 1 amide bonds. The highest BCUT2D eigenvalue weighted by Gasteiger charge is 2.24. The van der Waals surface area contributed by atoms with Gasteiger partial charge in [-0.3, -0.25) is 4.79 Å². The maximum absolute atomic E-state index is 13.8. The number of rotatable bonds is 9. The summed E-state index contributed by atoms with van der Waals surface area (Å²) in [5.74, 6) is -1.09. The zero-order chi connectivity index (χ0) is 27.9. The van der Waals surface area contributed by atoms with Crippen molar-refractivity contribution < 1.29 is 28.6 Å². The number of hydrogen-bond acceptors (Lipinski definition) is 5. The number of aromatic carboxylic acids is 1. The fourth-order valence-corrected chi connectivity index (χ4v) is 4.65. The van der Waals surface area contributed by atoms with E-state index >= 15 is 0 Å². The van der Waals surface area contributed by atoms with E-state index in [-0.39, 0.29) is 30.4 Å². The Bertz CT molecular complexity index is 1470. The van der Waals surface area contributed by atoms with E-state index in [1.807, 2.05) is 35.2 Å². The third-order valence-corrected chi connectivity index (χ3v) is 6.75. The second kappa shape index (κ2) is 12.4. The maximum atomic E-state index is 13.8. The standard InChI is InChI=1S/C32H29FN2O5/c33-26-12-10-23(11-13-26)22-40-30-9-5-4-8-25(30)21-35(31(36)24-6-2-1-3-7-24)27-14-15-29(28(20-27)32(37)38)34-16-18-39-19-17-34/h1-15,20H,16-19,21-22H2,(H,37,38). The van der Waals surface area contributed by atoms with E-state index in [2.05, 4.69) is 0 Å². The van der Waals surface area contributed by atoms with Crippen LogP contribution in [-0.4, -0.2) is 43.3 Å². The third kappa shape index (κ3) is 6.30. The molecule has 204 valence electrons. The Labute approximate surface area is 232 Å². The highest BCUT2D eigenvalue weighted by atomic mass is 19.1. The summed E-state index contributed by atoms with van der Waals surface area (Å²) in [6, 6.07) is 27.4. The van der Waals surface area contributed by atoms with Gasteiger partial charge in [0.05, 0.1) is 31.0 Å². The smallest absolute Gasteiger partial charge is 0.337 e. The van der Waals surface area contributed by atoms with E-state index in [1.54, 1.807) is 59.5 Å². The van der Waals surface area contributed by atoms with Crippen LogP contribution >= 0.6 is 0 Å². The van der Waals surface area contributed by atoms with Crippen LogP contribution in [0.4, 0.5) is 15.8 Å². The summed E-state index contributed by atoms with van der Waals surface area (Å²) in [5, 5.41) is 10.1. The first-order chi connectivity index (χ1) is 19.5. The van der Waals surface area contributed by atoms with Gasteiger partial charge >= 0.3 is 5.97 Å². The number of morpholine rings is 1. The van der Waals surface area contributed by atoms with Crippen LogP contribution in [0.15, 0.2) is 97.1 Å². The minimum Gasteiger partial charge on any atom is -0.489 e. The maximum Gasteiger partial charge on any atom is 0.337 e. The monoisotopic (exact) mass is 540 g/mol. The molecule has 0 spiro atoms. The number of para-hydroxylation sites is 1. The highest BCUT2D eigenvalue weighted by molar-refractivity contribution is 6.07. The normalized spacial score (nSPS) is 13.1. The fraction of sp³-hybridized carbons (Fsp3) is 0.188. The van der Waals surface area contributed by atoms with Crippen LogP contribution in [0.3, 0.4) is 0 Å². The molecule has 1 fully saturated rings. The average Bonchev–Trinajstić information content (AvgIpc) is 3.00. The number of carbonyl (C=O) groups is 2. The van der Waals surface area contributed by atoms with Crippen molar-refractivity contribution in [2.75, 3.05) is 36.1 Å². The van der Waals surface area contributed by atoms with E-state index in [9.17, 15) is 19.1 Å². The Morgan fingerprint density at radius 2 is 1.60 bits per heavy atom. The SMILES string of the molecule is O=C(O)c1cc(N(Cc2ccccc2OCc2ccc(F)cc2)C(=O)c2ccccc2)ccc1N1CCOCC1. The van der Waals surface area contributed by atoms with Gasteiger partial charge in [-0.25, -0.2) is 9.18 Å². The van der Waals surface area contributed by atoms with Gasteiger partial charge in [0, 0.05) is 29.9 Å². The molecule has 1 saturated heterocycles. The molecule has 1 heterocycles. The molecule has 40 heavy (non-hydrogen) atoms. The molecular weight excluding hydrogens is 511 g/mol. The molecule has 0 radical (unpaired) electrons. The van der Waals surface area contributed by atoms with Crippen molar-refractivity contribution >= 4 is 23.3 Å². The Morgan fingerprint density at radius 1 is 0.900 bits per heavy atom. The zero-order valence-corrected chi connectivity index (χ0v) is 21.8. The number of carbonyl (C=O) groups excluding carboxylic acids is 1. The largest absolute Gasteiger partial charge is 0.489 e. The molecule has 0 atom stereocenters. The van der Waals surface area contributed by atoms with E-state index in [0.29, 0.717) is 49.0 Å². The van der Waals surface area contributed by atoms with Crippen molar-refractivity contribution in [2.24, 2.45) is 0 Å². The van der Waals surface area contributed by atoms with Crippen LogP contribution in [0.1, 0.15) is 31.8 Å². The molecule has 8 heteroatoms. The predicted octanol–water partition coefficient (Wildman–Crippen LogP) is 5.79. The summed E-state index contributed by atoms with van der Waals surface area (Å²) in [5.41, 5.74) is 3.18. The second-order valence-corrected chi connectivity index (χ2v) is 9.39. The number of amides is 1. The van der Waals surface area contributed by atoms with Crippen LogP contribution < -0.4 is 14.5 Å². The van der Waals surface area contributed by atoms with Crippen molar-refractivity contribution in [1.82, 2.24) is 0 Å². The molecule has 5 rings (SSSR count). The number of anilines is 2. The predicted molar refractivity (Wildman–Crippen MR) is 151 cm³/mol. The van der Waals surface area contributed by atoms with Crippen molar-refractivity contribution in [2.45, 2.75) is 13.2 Å². The van der Waals surface area contributed by atoms with Gasteiger partial charge < -0.3 is 24.4 Å². The number of benzene rings is 4. The van der Waals surface area contributed by atoms with Gasteiger partial charge in [0.25, 0.3) is 5.91 Å². The Balaban J connectivity index is 1.49. The Hall–Kier alpha value is -4.69. The number of nitrogens with zero attached hydrogens (tertiary/aromatic N) is 2. The molecule has 1 aliphatic heterocycles. The molecule has 0 unspecified atom stereocenters. The first kappa shape index (κ1) is 26.9. The molecule has 0 bridgehead atoms. The van der Waals surface area contributed by atoms with Gasteiger partial charge in [0.1, 0.15) is 18.2 Å². The Kier molecular flexibility index (Phi) is 8.37. The molecule has 4 aromatic carbocycles. The molecule has 0 saturated carbocycles. The van der Waals surface area contributed by atoms with E-state index in [1.165, 1.54) is 12.1 Å². The summed E-state index contributed by atoms with van der Waals surface area (Å²) in [6.45, 7) is 2.59. The number of halogens is 1. The molecule has 7 nitrogen and oxygen atoms in total. The number of carboxylic acids is 1. The first-order valence-electron chi connectivity index (χ1n) is 13.0. The van der Waals surface area contributed by atoms with Crippen LogP contribution in [-0.2, 0) is 17.9 Å². The molecule has 4 aromatic rings. The lowest BCUT2D eigenvalue weighted by molar-refractivity contribution is 0.0695. The summed E-state index contributed by atoms with van der Waals surface area (Å²) in [6.07, 6.45) is 0. The van der Waals surface area contributed by atoms with Gasteiger partial charge in [-0.1, -0.05) is 48.5 Å².